The first-order chi connectivity index (χ1) is 8.34. The van der Waals surface area contributed by atoms with Crippen molar-refractivity contribution in [3.8, 4) is 11.8 Å². The maximum atomic E-state index is 12.6. The van der Waals surface area contributed by atoms with Crippen LogP contribution >= 0.6 is 0 Å². The molecular formula is C12H13F3N2O. The predicted octanol–water partition coefficient (Wildman–Crippen LogP) is 2.41. The summed E-state index contributed by atoms with van der Waals surface area (Å²) in [5, 5.41) is 8.47. The molecule has 0 fully saturated rings. The SMILES string of the molecule is CC(N)C(Oc1ccc(CC#N)cc1)C(F)(F)F. The van der Waals surface area contributed by atoms with Gasteiger partial charge in [-0.3, -0.25) is 0 Å². The minimum Gasteiger partial charge on any atom is -0.479 e. The van der Waals surface area contributed by atoms with Crippen molar-refractivity contribution in [2.24, 2.45) is 5.73 Å². The summed E-state index contributed by atoms with van der Waals surface area (Å²) in [6.45, 7) is 1.24. The minimum atomic E-state index is -4.51. The predicted molar refractivity (Wildman–Crippen MR) is 59.9 cm³/mol. The number of rotatable bonds is 4. The third-order valence-electron chi connectivity index (χ3n) is 2.27. The van der Waals surface area contributed by atoms with Crippen molar-refractivity contribution in [3.63, 3.8) is 0 Å². The molecule has 18 heavy (non-hydrogen) atoms. The zero-order valence-corrected chi connectivity index (χ0v) is 9.74. The molecule has 0 aliphatic carbocycles. The molecule has 6 heteroatoms. The number of nitrogens with two attached hydrogens (primary N) is 1. The third-order valence-corrected chi connectivity index (χ3v) is 2.27. The fourth-order valence-electron chi connectivity index (χ4n) is 1.40. The molecule has 3 nitrogen and oxygen atoms in total. The van der Waals surface area contributed by atoms with Crippen molar-refractivity contribution >= 4 is 0 Å². The van der Waals surface area contributed by atoms with Gasteiger partial charge in [0.2, 0.25) is 6.10 Å². The van der Waals surface area contributed by atoms with Gasteiger partial charge in [-0.25, -0.2) is 0 Å². The van der Waals surface area contributed by atoms with E-state index in [0.29, 0.717) is 5.56 Å². The normalized spacial score (nSPS) is 14.7. The molecule has 0 aromatic heterocycles. The molecule has 2 atom stereocenters. The molecule has 0 amide bonds. The molecule has 0 radical (unpaired) electrons. The molecule has 0 aliphatic rings. The van der Waals surface area contributed by atoms with E-state index in [9.17, 15) is 13.2 Å². The van der Waals surface area contributed by atoms with Crippen LogP contribution < -0.4 is 10.5 Å². The Balaban J connectivity index is 2.79. The van der Waals surface area contributed by atoms with E-state index in [0.717, 1.165) is 0 Å². The van der Waals surface area contributed by atoms with Gasteiger partial charge in [0.15, 0.2) is 0 Å². The molecule has 0 heterocycles. The molecule has 1 aromatic rings. The maximum absolute atomic E-state index is 12.6. The Labute approximate surface area is 103 Å². The summed E-state index contributed by atoms with van der Waals surface area (Å²) >= 11 is 0. The molecule has 0 bridgehead atoms. The molecule has 1 aromatic carbocycles. The molecular weight excluding hydrogens is 245 g/mol. The zero-order chi connectivity index (χ0) is 13.8. The highest BCUT2D eigenvalue weighted by Gasteiger charge is 2.44. The lowest BCUT2D eigenvalue weighted by Crippen LogP contribution is -2.47. The van der Waals surface area contributed by atoms with Gasteiger partial charge in [0.1, 0.15) is 5.75 Å². The average molecular weight is 258 g/mol. The summed E-state index contributed by atoms with van der Waals surface area (Å²) in [6, 6.07) is 6.67. The Morgan fingerprint density at radius 3 is 2.28 bits per heavy atom. The number of alkyl halides is 3. The van der Waals surface area contributed by atoms with Gasteiger partial charge >= 0.3 is 6.18 Å². The average Bonchev–Trinajstić information content (AvgIpc) is 2.26. The summed E-state index contributed by atoms with van der Waals surface area (Å²) < 4.78 is 42.7. The quantitative estimate of drug-likeness (QED) is 0.902. The van der Waals surface area contributed by atoms with Gasteiger partial charge in [0, 0.05) is 6.04 Å². The van der Waals surface area contributed by atoms with Crippen molar-refractivity contribution in [1.82, 2.24) is 0 Å². The Morgan fingerprint density at radius 2 is 1.89 bits per heavy atom. The van der Waals surface area contributed by atoms with Crippen molar-refractivity contribution in [1.29, 1.82) is 5.26 Å². The van der Waals surface area contributed by atoms with E-state index in [1.165, 1.54) is 19.1 Å². The first-order valence-corrected chi connectivity index (χ1v) is 5.29. The lowest BCUT2D eigenvalue weighted by atomic mass is 10.1. The number of nitriles is 1. The lowest BCUT2D eigenvalue weighted by molar-refractivity contribution is -0.199. The number of hydrogen-bond acceptors (Lipinski definition) is 3. The molecule has 0 aliphatic heterocycles. The molecule has 1 rings (SSSR count). The van der Waals surface area contributed by atoms with Gasteiger partial charge in [0.05, 0.1) is 12.5 Å². The van der Waals surface area contributed by atoms with Crippen molar-refractivity contribution < 1.29 is 17.9 Å². The van der Waals surface area contributed by atoms with Crippen LogP contribution in [0.1, 0.15) is 12.5 Å². The number of hydrogen-bond donors (Lipinski definition) is 1. The van der Waals surface area contributed by atoms with Crippen LogP contribution in [0, 0.1) is 11.3 Å². The summed E-state index contributed by atoms with van der Waals surface area (Å²) in [5.41, 5.74) is 5.98. The van der Waals surface area contributed by atoms with Crippen LogP contribution in [0.5, 0.6) is 5.75 Å². The van der Waals surface area contributed by atoms with Gasteiger partial charge in [0.25, 0.3) is 0 Å². The lowest BCUT2D eigenvalue weighted by Gasteiger charge is -2.24. The highest BCUT2D eigenvalue weighted by molar-refractivity contribution is 5.29. The number of benzene rings is 1. The highest BCUT2D eigenvalue weighted by atomic mass is 19.4. The first-order valence-electron chi connectivity index (χ1n) is 5.29. The monoisotopic (exact) mass is 258 g/mol. The number of ether oxygens (including phenoxy) is 1. The Morgan fingerprint density at radius 1 is 1.33 bits per heavy atom. The van der Waals surface area contributed by atoms with Gasteiger partial charge in [-0.1, -0.05) is 12.1 Å². The Kier molecular flexibility index (Phi) is 4.56. The molecule has 0 spiro atoms. The van der Waals surface area contributed by atoms with E-state index in [4.69, 9.17) is 15.7 Å². The smallest absolute Gasteiger partial charge is 0.426 e. The maximum Gasteiger partial charge on any atom is 0.426 e. The summed E-state index contributed by atoms with van der Waals surface area (Å²) in [5.74, 6) is 0.0799. The van der Waals surface area contributed by atoms with E-state index in [1.807, 2.05) is 6.07 Å². The van der Waals surface area contributed by atoms with Crippen LogP contribution in [0.15, 0.2) is 24.3 Å². The molecule has 98 valence electrons. The Hall–Kier alpha value is -1.74. The van der Waals surface area contributed by atoms with Crippen molar-refractivity contribution in [2.45, 2.75) is 31.7 Å². The summed E-state index contributed by atoms with van der Waals surface area (Å²) in [7, 11) is 0. The fraction of sp³-hybridized carbons (Fsp3) is 0.417. The van der Waals surface area contributed by atoms with Crippen LogP contribution in [0.2, 0.25) is 0 Å². The van der Waals surface area contributed by atoms with Crippen LogP contribution in [0.25, 0.3) is 0 Å². The number of nitrogens with zero attached hydrogens (tertiary/aromatic N) is 1. The van der Waals surface area contributed by atoms with Gasteiger partial charge in [-0.2, -0.15) is 18.4 Å². The topological polar surface area (TPSA) is 59.0 Å². The van der Waals surface area contributed by atoms with Gasteiger partial charge < -0.3 is 10.5 Å². The minimum absolute atomic E-state index is 0.0799. The van der Waals surface area contributed by atoms with Gasteiger partial charge in [-0.15, -0.1) is 0 Å². The molecule has 0 saturated heterocycles. The molecule has 2 N–H and O–H groups in total. The van der Waals surface area contributed by atoms with Crippen LogP contribution in [-0.2, 0) is 6.42 Å². The van der Waals surface area contributed by atoms with Crippen LogP contribution in [0.4, 0.5) is 13.2 Å². The largest absolute Gasteiger partial charge is 0.479 e. The second-order valence-corrected chi connectivity index (χ2v) is 3.92. The zero-order valence-electron chi connectivity index (χ0n) is 9.74. The van der Waals surface area contributed by atoms with Crippen LogP contribution in [0.3, 0.4) is 0 Å². The Bertz CT molecular complexity index is 420. The second-order valence-electron chi connectivity index (χ2n) is 3.92. The standard InChI is InChI=1S/C12H13F3N2O/c1-8(17)11(12(13,14)15)18-10-4-2-9(3-5-10)6-7-16/h2-5,8,11H,6,17H2,1H3. The van der Waals surface area contributed by atoms with E-state index in [1.54, 1.807) is 12.1 Å². The summed E-state index contributed by atoms with van der Waals surface area (Å²) in [4.78, 5) is 0. The highest BCUT2D eigenvalue weighted by Crippen LogP contribution is 2.27. The van der Waals surface area contributed by atoms with E-state index >= 15 is 0 Å². The van der Waals surface area contributed by atoms with Crippen molar-refractivity contribution in [3.05, 3.63) is 29.8 Å². The van der Waals surface area contributed by atoms with Gasteiger partial charge in [-0.05, 0) is 24.6 Å². The van der Waals surface area contributed by atoms with E-state index in [2.05, 4.69) is 0 Å². The fourth-order valence-corrected chi connectivity index (χ4v) is 1.40. The molecule has 0 saturated carbocycles. The summed E-state index contributed by atoms with van der Waals surface area (Å²) in [6.07, 6.45) is -6.35. The van der Waals surface area contributed by atoms with E-state index < -0.39 is 18.3 Å². The first kappa shape index (κ1) is 14.3. The third kappa shape index (κ3) is 3.93. The second kappa shape index (κ2) is 5.74. The van der Waals surface area contributed by atoms with Crippen LogP contribution in [-0.4, -0.2) is 18.3 Å². The molecule has 2 unspecified atom stereocenters. The van der Waals surface area contributed by atoms with Crippen molar-refractivity contribution in [2.75, 3.05) is 0 Å². The van der Waals surface area contributed by atoms with E-state index in [-0.39, 0.29) is 12.2 Å². The number of halogens is 3.